The molecule has 138 valence electrons. The number of methoxy groups -OCH3 is 1. The standard InChI is InChI=1S/C17H28O7/c1-16(2)21-11-8-19-9(12(11)22-16)6-7-10-13-14(15(18-5)20-10)24-17(3,4)23-13/h9-15H,6-8H2,1-5H3/t9-,10-,11+,12-,13-,14-,15-/m1/s1. The minimum Gasteiger partial charge on any atom is -0.373 e. The van der Waals surface area contributed by atoms with E-state index in [2.05, 4.69) is 0 Å². The van der Waals surface area contributed by atoms with Crippen molar-refractivity contribution in [3.8, 4) is 0 Å². The zero-order valence-corrected chi connectivity index (χ0v) is 15.0. The molecule has 0 N–H and O–H groups in total. The maximum Gasteiger partial charge on any atom is 0.186 e. The van der Waals surface area contributed by atoms with Gasteiger partial charge in [0.05, 0.1) is 18.8 Å². The zero-order valence-electron chi connectivity index (χ0n) is 15.0. The average Bonchev–Trinajstić information content (AvgIpc) is 3.15. The molecular formula is C17H28O7. The third-order valence-electron chi connectivity index (χ3n) is 5.14. The molecule has 4 heterocycles. The van der Waals surface area contributed by atoms with Gasteiger partial charge in [0.25, 0.3) is 0 Å². The summed E-state index contributed by atoms with van der Waals surface area (Å²) in [6, 6.07) is 0. The van der Waals surface area contributed by atoms with Gasteiger partial charge in [0.1, 0.15) is 24.4 Å². The average molecular weight is 344 g/mol. The van der Waals surface area contributed by atoms with Gasteiger partial charge in [-0.05, 0) is 40.5 Å². The summed E-state index contributed by atoms with van der Waals surface area (Å²) < 4.78 is 41.1. The quantitative estimate of drug-likeness (QED) is 0.767. The molecule has 24 heavy (non-hydrogen) atoms. The molecule has 7 nitrogen and oxygen atoms in total. The van der Waals surface area contributed by atoms with Crippen molar-refractivity contribution in [2.24, 2.45) is 0 Å². The largest absolute Gasteiger partial charge is 0.373 e. The molecule has 4 aliphatic rings. The van der Waals surface area contributed by atoms with Gasteiger partial charge in [0, 0.05) is 7.11 Å². The summed E-state index contributed by atoms with van der Waals surface area (Å²) in [5.74, 6) is -1.13. The van der Waals surface area contributed by atoms with Crippen LogP contribution < -0.4 is 0 Å². The van der Waals surface area contributed by atoms with E-state index in [-0.39, 0.29) is 42.9 Å². The highest BCUT2D eigenvalue weighted by Crippen LogP contribution is 2.42. The van der Waals surface area contributed by atoms with Crippen LogP contribution in [0.2, 0.25) is 0 Å². The van der Waals surface area contributed by atoms with Crippen molar-refractivity contribution in [3.05, 3.63) is 0 Å². The van der Waals surface area contributed by atoms with Crippen LogP contribution in [0.4, 0.5) is 0 Å². The van der Waals surface area contributed by atoms with Crippen LogP contribution in [0.5, 0.6) is 0 Å². The summed E-state index contributed by atoms with van der Waals surface area (Å²) in [6.45, 7) is 8.32. The molecule has 0 aromatic heterocycles. The van der Waals surface area contributed by atoms with Crippen LogP contribution in [0.25, 0.3) is 0 Å². The highest BCUT2D eigenvalue weighted by molar-refractivity contribution is 4.97. The minimum atomic E-state index is -0.602. The number of hydrogen-bond donors (Lipinski definition) is 0. The Morgan fingerprint density at radius 2 is 1.46 bits per heavy atom. The fourth-order valence-electron chi connectivity index (χ4n) is 4.26. The fourth-order valence-corrected chi connectivity index (χ4v) is 4.26. The Morgan fingerprint density at radius 1 is 0.833 bits per heavy atom. The predicted octanol–water partition coefficient (Wildman–Crippen LogP) is 1.58. The van der Waals surface area contributed by atoms with Crippen LogP contribution >= 0.6 is 0 Å². The van der Waals surface area contributed by atoms with Crippen LogP contribution in [0.1, 0.15) is 40.5 Å². The van der Waals surface area contributed by atoms with Crippen molar-refractivity contribution in [3.63, 3.8) is 0 Å². The van der Waals surface area contributed by atoms with Crippen LogP contribution in [-0.2, 0) is 33.2 Å². The summed E-state index contributed by atoms with van der Waals surface area (Å²) in [7, 11) is 1.63. The van der Waals surface area contributed by atoms with E-state index >= 15 is 0 Å². The second-order valence-electron chi connectivity index (χ2n) is 7.93. The summed E-state index contributed by atoms with van der Waals surface area (Å²) in [6.07, 6.45) is 0.926. The third-order valence-corrected chi connectivity index (χ3v) is 5.14. The first-order chi connectivity index (χ1) is 11.3. The lowest BCUT2D eigenvalue weighted by Crippen LogP contribution is -2.33. The monoisotopic (exact) mass is 344 g/mol. The van der Waals surface area contributed by atoms with Crippen LogP contribution in [0.15, 0.2) is 0 Å². The topological polar surface area (TPSA) is 64.6 Å². The molecule has 4 rings (SSSR count). The van der Waals surface area contributed by atoms with E-state index in [1.165, 1.54) is 0 Å². The van der Waals surface area contributed by atoms with Crippen LogP contribution in [0, 0.1) is 0 Å². The van der Waals surface area contributed by atoms with Gasteiger partial charge in [-0.3, -0.25) is 0 Å². The lowest BCUT2D eigenvalue weighted by Gasteiger charge is -2.25. The molecule has 0 unspecified atom stereocenters. The van der Waals surface area contributed by atoms with Crippen molar-refractivity contribution in [1.29, 1.82) is 0 Å². The first-order valence-electron chi connectivity index (χ1n) is 8.79. The number of rotatable bonds is 4. The number of hydrogen-bond acceptors (Lipinski definition) is 7. The molecule has 4 saturated heterocycles. The maximum atomic E-state index is 6.03. The van der Waals surface area contributed by atoms with Gasteiger partial charge in [-0.15, -0.1) is 0 Å². The molecule has 0 saturated carbocycles. The van der Waals surface area contributed by atoms with E-state index in [4.69, 9.17) is 33.2 Å². The molecule has 0 radical (unpaired) electrons. The smallest absolute Gasteiger partial charge is 0.186 e. The van der Waals surface area contributed by atoms with Gasteiger partial charge < -0.3 is 33.2 Å². The number of fused-ring (bicyclic) bond motifs is 2. The molecule has 0 aliphatic carbocycles. The van der Waals surface area contributed by atoms with Crippen LogP contribution in [0.3, 0.4) is 0 Å². The van der Waals surface area contributed by atoms with E-state index in [1.54, 1.807) is 7.11 Å². The molecule has 4 aliphatic heterocycles. The summed E-state index contributed by atoms with van der Waals surface area (Å²) in [5.41, 5.74) is 0. The van der Waals surface area contributed by atoms with E-state index in [1.807, 2.05) is 27.7 Å². The molecule has 4 fully saturated rings. The zero-order chi connectivity index (χ0) is 17.1. The molecule has 0 amide bonds. The van der Waals surface area contributed by atoms with Crippen molar-refractivity contribution in [1.82, 2.24) is 0 Å². The molecule has 7 atom stereocenters. The Hall–Kier alpha value is -0.280. The molecule has 0 aromatic carbocycles. The highest BCUT2D eigenvalue weighted by Gasteiger charge is 2.56. The SMILES string of the molecule is CO[C@@H]1O[C@H](CC[C@H]2OC[C@@H]3OC(C)(C)O[C@@H]32)[C@H]2OC(C)(C)O[C@@H]12. The van der Waals surface area contributed by atoms with Crippen molar-refractivity contribution in [2.45, 2.75) is 95.0 Å². The third kappa shape index (κ3) is 3.00. The Balaban J connectivity index is 1.36. The Morgan fingerprint density at radius 3 is 2.21 bits per heavy atom. The number of ether oxygens (including phenoxy) is 7. The van der Waals surface area contributed by atoms with Gasteiger partial charge in [-0.2, -0.15) is 0 Å². The summed E-state index contributed by atoms with van der Waals surface area (Å²) in [4.78, 5) is 0. The summed E-state index contributed by atoms with van der Waals surface area (Å²) in [5, 5.41) is 0. The van der Waals surface area contributed by atoms with Crippen molar-refractivity contribution < 1.29 is 33.2 Å². The van der Waals surface area contributed by atoms with Gasteiger partial charge >= 0.3 is 0 Å². The highest BCUT2D eigenvalue weighted by atomic mass is 16.8. The molecule has 0 bridgehead atoms. The minimum absolute atomic E-state index is 0.00684. The summed E-state index contributed by atoms with van der Waals surface area (Å²) >= 11 is 0. The van der Waals surface area contributed by atoms with Gasteiger partial charge in [-0.25, -0.2) is 0 Å². The lowest BCUT2D eigenvalue weighted by molar-refractivity contribution is -0.228. The molecule has 0 spiro atoms. The van der Waals surface area contributed by atoms with Crippen molar-refractivity contribution >= 4 is 0 Å². The Labute approximate surface area is 142 Å². The van der Waals surface area contributed by atoms with Gasteiger partial charge in [0.15, 0.2) is 17.9 Å². The Kier molecular flexibility index (Phi) is 4.20. The van der Waals surface area contributed by atoms with E-state index in [9.17, 15) is 0 Å². The normalized spacial score (nSPS) is 48.6. The fraction of sp³-hybridized carbons (Fsp3) is 1.00. The second kappa shape index (κ2) is 5.87. The first-order valence-corrected chi connectivity index (χ1v) is 8.79. The molecular weight excluding hydrogens is 316 g/mol. The first kappa shape index (κ1) is 17.1. The van der Waals surface area contributed by atoms with E-state index < -0.39 is 11.6 Å². The lowest BCUT2D eigenvalue weighted by atomic mass is 10.0. The van der Waals surface area contributed by atoms with Gasteiger partial charge in [0.2, 0.25) is 0 Å². The van der Waals surface area contributed by atoms with Crippen molar-refractivity contribution in [2.75, 3.05) is 13.7 Å². The maximum absolute atomic E-state index is 6.03. The predicted molar refractivity (Wildman–Crippen MR) is 82.3 cm³/mol. The van der Waals surface area contributed by atoms with E-state index in [0.717, 1.165) is 12.8 Å². The van der Waals surface area contributed by atoms with Gasteiger partial charge in [-0.1, -0.05) is 0 Å². The Bertz CT molecular complexity index is 480. The molecule has 7 heteroatoms. The van der Waals surface area contributed by atoms with E-state index in [0.29, 0.717) is 6.61 Å². The second-order valence-corrected chi connectivity index (χ2v) is 7.93. The van der Waals surface area contributed by atoms with Crippen LogP contribution in [-0.4, -0.2) is 68.2 Å². The molecule has 0 aromatic rings.